The van der Waals surface area contributed by atoms with Crippen molar-refractivity contribution in [2.45, 2.75) is 0 Å². The second-order valence-electron chi connectivity index (χ2n) is 0.987. The average molecular weight is 116 g/mol. The van der Waals surface area contributed by atoms with Gasteiger partial charge in [-0.2, -0.15) is 5.26 Å². The van der Waals surface area contributed by atoms with E-state index in [1.54, 1.807) is 0 Å². The summed E-state index contributed by atoms with van der Waals surface area (Å²) in [5, 5.41) is 10.7. The number of rotatable bonds is 2. The third-order valence-corrected chi connectivity index (χ3v) is 0.428. The van der Waals surface area contributed by atoms with E-state index in [1.165, 1.54) is 6.08 Å². The van der Waals surface area contributed by atoms with Gasteiger partial charge in [0.25, 0.3) is 0 Å². The van der Waals surface area contributed by atoms with E-state index >= 15 is 0 Å². The molecule has 0 aromatic heterocycles. The van der Waals surface area contributed by atoms with Crippen molar-refractivity contribution in [2.75, 3.05) is 6.54 Å². The molecule has 8 heavy (non-hydrogen) atoms. The molecule has 0 rings (SSSR count). The van der Waals surface area contributed by atoms with Crippen LogP contribution in [0, 0.1) is 0 Å². The molecule has 0 bridgehead atoms. The van der Waals surface area contributed by atoms with Crippen molar-refractivity contribution in [3.8, 4) is 0 Å². The van der Waals surface area contributed by atoms with Gasteiger partial charge in [-0.05, 0) is 0 Å². The van der Waals surface area contributed by atoms with Crippen LogP contribution in [-0.2, 0) is 4.89 Å². The summed E-state index contributed by atoms with van der Waals surface area (Å²) in [6.45, 7) is 3.45. The molecule has 0 saturated heterocycles. The lowest BCUT2D eigenvalue weighted by Gasteiger charge is -1.89. The van der Waals surface area contributed by atoms with Crippen LogP contribution in [0.25, 0.3) is 0 Å². The molecule has 4 nitrogen and oxygen atoms in total. The van der Waals surface area contributed by atoms with Crippen LogP contribution >= 0.6 is 0 Å². The summed E-state index contributed by atoms with van der Waals surface area (Å²) in [6.07, 6.45) is 0.418. The second-order valence-corrected chi connectivity index (χ2v) is 0.987. The van der Waals surface area contributed by atoms with Crippen molar-refractivity contribution >= 4 is 6.09 Å². The minimum atomic E-state index is -0.995. The Balaban J connectivity index is 3.11. The predicted molar refractivity (Wildman–Crippen MR) is 26.3 cm³/mol. The first kappa shape index (κ1) is 6.97. The molecule has 1 amide bonds. The molecule has 4 heteroatoms. The minimum Gasteiger partial charge on any atom is -0.277 e. The minimum absolute atomic E-state index is 0.166. The van der Waals surface area contributed by atoms with Crippen LogP contribution in [-0.4, -0.2) is 17.9 Å². The van der Waals surface area contributed by atoms with Crippen LogP contribution in [0.1, 0.15) is 0 Å². The smallest absolute Gasteiger partial charge is 0.277 e. The van der Waals surface area contributed by atoms with Gasteiger partial charge in [0, 0.05) is 0 Å². The summed E-state index contributed by atoms with van der Waals surface area (Å²) < 4.78 is 0. The average Bonchev–Trinajstić information content (AvgIpc) is 1.83. The molecule has 1 N–H and O–H groups in total. The van der Waals surface area contributed by atoms with Crippen LogP contribution in [0.5, 0.6) is 0 Å². The van der Waals surface area contributed by atoms with Gasteiger partial charge in [0.1, 0.15) is 0 Å². The lowest BCUT2D eigenvalue weighted by Crippen LogP contribution is -2.14. The molecule has 0 heterocycles. The van der Waals surface area contributed by atoms with Gasteiger partial charge in [0.2, 0.25) is 0 Å². The molecule has 0 aliphatic heterocycles. The Kier molecular flexibility index (Phi) is 3.60. The first-order valence-corrected chi connectivity index (χ1v) is 1.95. The van der Waals surface area contributed by atoms with E-state index < -0.39 is 6.09 Å². The number of amides is 1. The highest BCUT2D eigenvalue weighted by Crippen LogP contribution is 1.71. The fourth-order valence-corrected chi connectivity index (χ4v) is 0.168. The highest BCUT2D eigenvalue weighted by molar-refractivity contribution is 5.65. The monoisotopic (exact) mass is 116 g/mol. The van der Waals surface area contributed by atoms with Crippen LogP contribution in [0.4, 0.5) is 4.79 Å². The molecule has 0 fully saturated rings. The van der Waals surface area contributed by atoms with E-state index in [2.05, 4.69) is 16.8 Å². The van der Waals surface area contributed by atoms with Gasteiger partial charge in [0.05, 0.1) is 6.54 Å². The van der Waals surface area contributed by atoms with Gasteiger partial charge < -0.3 is 0 Å². The molecular weight excluding hydrogens is 110 g/mol. The zero-order valence-electron chi connectivity index (χ0n) is 4.20. The van der Waals surface area contributed by atoms with Crippen molar-refractivity contribution in [2.24, 2.45) is 0 Å². The molecular formula is C4H6NO3. The van der Waals surface area contributed by atoms with Crippen LogP contribution in [0.2, 0.25) is 0 Å². The Morgan fingerprint density at radius 2 is 2.62 bits per heavy atom. The summed E-state index contributed by atoms with van der Waals surface area (Å²) in [6, 6.07) is 0. The Labute approximate surface area is 46.7 Å². The maximum absolute atomic E-state index is 9.88. The summed E-state index contributed by atoms with van der Waals surface area (Å²) >= 11 is 0. The van der Waals surface area contributed by atoms with E-state index in [0.717, 1.165) is 0 Å². The number of nitrogens with zero attached hydrogens (tertiary/aromatic N) is 1. The van der Waals surface area contributed by atoms with Gasteiger partial charge in [0.15, 0.2) is 0 Å². The normalized spacial score (nSPS) is 7.62. The lowest BCUT2D eigenvalue weighted by molar-refractivity contribution is -0.177. The largest absolute Gasteiger partial charge is 0.460 e. The first-order valence-electron chi connectivity index (χ1n) is 1.95. The van der Waals surface area contributed by atoms with Gasteiger partial charge in [-0.15, -0.1) is 6.58 Å². The SMILES string of the molecule is C=CC[N]C(=O)OO. The first-order chi connectivity index (χ1) is 3.81. The van der Waals surface area contributed by atoms with E-state index in [-0.39, 0.29) is 6.54 Å². The molecule has 0 aromatic rings. The van der Waals surface area contributed by atoms with Crippen molar-refractivity contribution in [3.05, 3.63) is 12.7 Å². The van der Waals surface area contributed by atoms with Gasteiger partial charge in [-0.3, -0.25) is 4.89 Å². The van der Waals surface area contributed by atoms with Crippen LogP contribution < -0.4 is 5.32 Å². The summed E-state index contributed by atoms with van der Waals surface area (Å²) in [4.78, 5) is 13.1. The van der Waals surface area contributed by atoms with Crippen molar-refractivity contribution < 1.29 is 14.9 Å². The zero-order valence-corrected chi connectivity index (χ0v) is 4.20. The van der Waals surface area contributed by atoms with Crippen molar-refractivity contribution in [1.29, 1.82) is 0 Å². The molecule has 0 aliphatic carbocycles. The third-order valence-electron chi connectivity index (χ3n) is 0.428. The van der Waals surface area contributed by atoms with E-state index in [0.29, 0.717) is 0 Å². The molecule has 45 valence electrons. The maximum atomic E-state index is 9.88. The van der Waals surface area contributed by atoms with Crippen LogP contribution in [0.3, 0.4) is 0 Å². The fraction of sp³-hybridized carbons (Fsp3) is 0.250. The Hall–Kier alpha value is -1.03. The van der Waals surface area contributed by atoms with Crippen LogP contribution in [0.15, 0.2) is 12.7 Å². The fourth-order valence-electron chi connectivity index (χ4n) is 0.168. The second kappa shape index (κ2) is 4.14. The summed E-state index contributed by atoms with van der Waals surface area (Å²) in [5.41, 5.74) is 0. The quantitative estimate of drug-likeness (QED) is 0.322. The Bertz CT molecular complexity index is 91.3. The van der Waals surface area contributed by atoms with E-state index in [1.807, 2.05) is 0 Å². The standard InChI is InChI=1S/C4H6NO3/c1-2-3-5-4(6)8-7/h2,7H,1,3H2. The molecule has 1 radical (unpaired) electrons. The zero-order chi connectivity index (χ0) is 6.41. The molecule has 0 spiro atoms. The Morgan fingerprint density at radius 1 is 2.00 bits per heavy atom. The van der Waals surface area contributed by atoms with Gasteiger partial charge in [-0.1, -0.05) is 6.08 Å². The van der Waals surface area contributed by atoms with Gasteiger partial charge in [-0.25, -0.2) is 10.1 Å². The van der Waals surface area contributed by atoms with E-state index in [9.17, 15) is 4.79 Å². The number of carbonyl (C=O) groups excluding carboxylic acids is 1. The van der Waals surface area contributed by atoms with Crippen molar-refractivity contribution in [1.82, 2.24) is 5.32 Å². The lowest BCUT2D eigenvalue weighted by atomic mass is 10.6. The molecule has 0 unspecified atom stereocenters. The topological polar surface area (TPSA) is 60.6 Å². The van der Waals surface area contributed by atoms with Gasteiger partial charge >= 0.3 is 6.09 Å². The Morgan fingerprint density at radius 3 is 3.00 bits per heavy atom. The highest BCUT2D eigenvalue weighted by atomic mass is 17.1. The molecule has 0 atom stereocenters. The highest BCUT2D eigenvalue weighted by Gasteiger charge is 1.96. The molecule has 0 aromatic carbocycles. The number of hydrogen-bond donors (Lipinski definition) is 1. The summed E-state index contributed by atoms with van der Waals surface area (Å²) in [5.74, 6) is 0. The van der Waals surface area contributed by atoms with E-state index in [4.69, 9.17) is 5.26 Å². The summed E-state index contributed by atoms with van der Waals surface area (Å²) in [7, 11) is 0. The maximum Gasteiger partial charge on any atom is 0.460 e. The predicted octanol–water partition coefficient (Wildman–Crippen LogP) is 0.386. The number of carbonyl (C=O) groups is 1. The van der Waals surface area contributed by atoms with Crippen molar-refractivity contribution in [3.63, 3.8) is 0 Å². The third kappa shape index (κ3) is 3.17. The molecule has 0 saturated carbocycles. The molecule has 0 aliphatic rings. The number of hydrogen-bond acceptors (Lipinski definition) is 3.